The van der Waals surface area contributed by atoms with Crippen LogP contribution < -0.4 is 4.74 Å². The number of rotatable bonds is 8. The fourth-order valence-corrected chi connectivity index (χ4v) is 4.00. The second-order valence-corrected chi connectivity index (χ2v) is 7.65. The summed E-state index contributed by atoms with van der Waals surface area (Å²) in [5, 5.41) is 1.22. The Morgan fingerprint density at radius 1 is 1.20 bits per heavy atom. The van der Waals surface area contributed by atoms with Crippen molar-refractivity contribution in [3.05, 3.63) is 77.8 Å². The van der Waals surface area contributed by atoms with Crippen molar-refractivity contribution >= 4 is 23.4 Å². The fourth-order valence-electron chi connectivity index (χ4n) is 2.66. The standard InChI is InChI=1S/C20H21ClN2OS/c1-24-18-3-2-4-19(13-18)25-20(14-23-12-11-22-15-23)10-7-16-5-8-17(21)9-6-16/h2-6,8-9,11-13,15,20H,7,10,14H2,1H3. The van der Waals surface area contributed by atoms with Crippen LogP contribution >= 0.6 is 23.4 Å². The van der Waals surface area contributed by atoms with E-state index in [9.17, 15) is 0 Å². The molecule has 0 saturated heterocycles. The molecule has 0 fully saturated rings. The number of aromatic nitrogens is 2. The predicted molar refractivity (Wildman–Crippen MR) is 105 cm³/mol. The largest absolute Gasteiger partial charge is 0.497 e. The van der Waals surface area contributed by atoms with Crippen LogP contribution in [0.3, 0.4) is 0 Å². The summed E-state index contributed by atoms with van der Waals surface area (Å²) in [6, 6.07) is 16.4. The summed E-state index contributed by atoms with van der Waals surface area (Å²) < 4.78 is 7.48. The molecular weight excluding hydrogens is 352 g/mol. The van der Waals surface area contributed by atoms with E-state index in [0.29, 0.717) is 5.25 Å². The molecule has 0 radical (unpaired) electrons. The van der Waals surface area contributed by atoms with Crippen molar-refractivity contribution in [2.75, 3.05) is 7.11 Å². The summed E-state index contributed by atoms with van der Waals surface area (Å²) >= 11 is 7.86. The molecule has 2 aromatic carbocycles. The average molecular weight is 373 g/mol. The van der Waals surface area contributed by atoms with E-state index in [1.165, 1.54) is 10.5 Å². The number of ether oxygens (including phenoxy) is 1. The number of hydrogen-bond acceptors (Lipinski definition) is 3. The number of methoxy groups -OCH3 is 1. The Morgan fingerprint density at radius 3 is 2.76 bits per heavy atom. The quantitative estimate of drug-likeness (QED) is 0.499. The van der Waals surface area contributed by atoms with Gasteiger partial charge in [-0.15, -0.1) is 11.8 Å². The van der Waals surface area contributed by atoms with Crippen molar-refractivity contribution < 1.29 is 4.74 Å². The number of thioether (sulfide) groups is 1. The molecule has 1 atom stereocenters. The van der Waals surface area contributed by atoms with Crippen LogP contribution in [0.4, 0.5) is 0 Å². The minimum Gasteiger partial charge on any atom is -0.497 e. The van der Waals surface area contributed by atoms with Crippen molar-refractivity contribution in [2.45, 2.75) is 29.5 Å². The molecule has 3 rings (SSSR count). The predicted octanol–water partition coefficient (Wildman–Crippen LogP) is 5.34. The molecule has 0 saturated carbocycles. The molecule has 1 aromatic heterocycles. The number of aryl methyl sites for hydroxylation is 1. The van der Waals surface area contributed by atoms with Gasteiger partial charge in [0.25, 0.3) is 0 Å². The van der Waals surface area contributed by atoms with E-state index in [1.807, 2.05) is 54.7 Å². The van der Waals surface area contributed by atoms with E-state index < -0.39 is 0 Å². The van der Waals surface area contributed by atoms with Gasteiger partial charge in [0.2, 0.25) is 0 Å². The van der Waals surface area contributed by atoms with Crippen molar-refractivity contribution in [1.29, 1.82) is 0 Å². The highest BCUT2D eigenvalue weighted by atomic mass is 35.5. The summed E-state index contributed by atoms with van der Waals surface area (Å²) in [4.78, 5) is 5.38. The van der Waals surface area contributed by atoms with Gasteiger partial charge in [0, 0.05) is 34.1 Å². The lowest BCUT2D eigenvalue weighted by molar-refractivity contribution is 0.413. The summed E-state index contributed by atoms with van der Waals surface area (Å²) in [5.41, 5.74) is 1.31. The summed E-state index contributed by atoms with van der Waals surface area (Å²) in [5.74, 6) is 0.893. The smallest absolute Gasteiger partial charge is 0.119 e. The molecule has 130 valence electrons. The molecule has 1 heterocycles. The van der Waals surface area contributed by atoms with E-state index in [4.69, 9.17) is 16.3 Å². The van der Waals surface area contributed by atoms with E-state index in [2.05, 4.69) is 33.8 Å². The zero-order valence-electron chi connectivity index (χ0n) is 14.1. The Morgan fingerprint density at radius 2 is 2.04 bits per heavy atom. The zero-order valence-corrected chi connectivity index (χ0v) is 15.7. The molecule has 0 aliphatic heterocycles. The Labute approximate surface area is 158 Å². The third-order valence-electron chi connectivity index (χ3n) is 3.99. The van der Waals surface area contributed by atoms with Crippen molar-refractivity contribution in [2.24, 2.45) is 0 Å². The van der Waals surface area contributed by atoms with Gasteiger partial charge in [-0.1, -0.05) is 29.8 Å². The van der Waals surface area contributed by atoms with Gasteiger partial charge in [0.15, 0.2) is 0 Å². The minimum atomic E-state index is 0.442. The van der Waals surface area contributed by atoms with Crippen molar-refractivity contribution in [1.82, 2.24) is 9.55 Å². The molecule has 3 nitrogen and oxygen atoms in total. The van der Waals surface area contributed by atoms with Crippen LogP contribution in [0.5, 0.6) is 5.75 Å². The number of hydrogen-bond donors (Lipinski definition) is 0. The molecule has 0 aliphatic carbocycles. The maximum atomic E-state index is 5.98. The third-order valence-corrected chi connectivity index (χ3v) is 5.48. The van der Waals surface area contributed by atoms with Crippen molar-refractivity contribution in [3.63, 3.8) is 0 Å². The first-order valence-electron chi connectivity index (χ1n) is 8.24. The number of imidazole rings is 1. The van der Waals surface area contributed by atoms with Crippen LogP contribution in [0.25, 0.3) is 0 Å². The molecule has 0 aliphatic rings. The first-order valence-corrected chi connectivity index (χ1v) is 9.49. The molecule has 0 amide bonds. The van der Waals surface area contributed by atoms with Crippen LogP contribution in [0.2, 0.25) is 5.02 Å². The first-order chi connectivity index (χ1) is 12.2. The number of halogens is 1. The van der Waals surface area contributed by atoms with Gasteiger partial charge in [-0.05, 0) is 48.7 Å². The second-order valence-electron chi connectivity index (χ2n) is 5.84. The highest BCUT2D eigenvalue weighted by Gasteiger charge is 2.12. The molecule has 0 N–H and O–H groups in total. The Kier molecular flexibility index (Phi) is 6.42. The van der Waals surface area contributed by atoms with E-state index in [0.717, 1.165) is 30.2 Å². The summed E-state index contributed by atoms with van der Waals surface area (Å²) in [6.07, 6.45) is 7.81. The highest BCUT2D eigenvalue weighted by Crippen LogP contribution is 2.30. The summed E-state index contributed by atoms with van der Waals surface area (Å²) in [6.45, 7) is 0.926. The monoisotopic (exact) mass is 372 g/mol. The van der Waals surface area contributed by atoms with Gasteiger partial charge in [-0.2, -0.15) is 0 Å². The van der Waals surface area contributed by atoms with E-state index in [1.54, 1.807) is 7.11 Å². The number of nitrogens with zero attached hydrogens (tertiary/aromatic N) is 2. The lowest BCUT2D eigenvalue weighted by atomic mass is 10.1. The topological polar surface area (TPSA) is 27.1 Å². The van der Waals surface area contributed by atoms with Gasteiger partial charge in [0.1, 0.15) is 5.75 Å². The maximum Gasteiger partial charge on any atom is 0.119 e. The Balaban J connectivity index is 1.68. The first kappa shape index (κ1) is 17.9. The van der Waals surface area contributed by atoms with Crippen LogP contribution in [-0.4, -0.2) is 21.9 Å². The third kappa shape index (κ3) is 5.55. The van der Waals surface area contributed by atoms with Gasteiger partial charge in [0.05, 0.1) is 13.4 Å². The van der Waals surface area contributed by atoms with Crippen LogP contribution in [0, 0.1) is 0 Å². The van der Waals surface area contributed by atoms with Gasteiger partial charge in [-0.3, -0.25) is 0 Å². The average Bonchev–Trinajstić information content (AvgIpc) is 3.14. The fraction of sp³-hybridized carbons (Fsp3) is 0.250. The molecule has 1 unspecified atom stereocenters. The molecule has 0 bridgehead atoms. The maximum absolute atomic E-state index is 5.98. The minimum absolute atomic E-state index is 0.442. The Bertz CT molecular complexity index is 775. The SMILES string of the molecule is COc1cccc(SC(CCc2ccc(Cl)cc2)Cn2ccnc2)c1. The van der Waals surface area contributed by atoms with Crippen LogP contribution in [-0.2, 0) is 13.0 Å². The molecule has 5 heteroatoms. The van der Waals surface area contributed by atoms with Gasteiger partial charge in [-0.25, -0.2) is 4.98 Å². The lowest BCUT2D eigenvalue weighted by Gasteiger charge is -2.18. The normalized spacial score (nSPS) is 12.1. The zero-order chi connectivity index (χ0) is 17.5. The molecule has 3 aromatic rings. The number of benzene rings is 2. The van der Waals surface area contributed by atoms with E-state index >= 15 is 0 Å². The Hall–Kier alpha value is -1.91. The van der Waals surface area contributed by atoms with Crippen molar-refractivity contribution in [3.8, 4) is 5.75 Å². The van der Waals surface area contributed by atoms with Gasteiger partial charge >= 0.3 is 0 Å². The second kappa shape index (κ2) is 8.97. The summed E-state index contributed by atoms with van der Waals surface area (Å²) in [7, 11) is 1.70. The van der Waals surface area contributed by atoms with Crippen LogP contribution in [0.15, 0.2) is 72.1 Å². The lowest BCUT2D eigenvalue weighted by Crippen LogP contribution is -2.13. The highest BCUT2D eigenvalue weighted by molar-refractivity contribution is 8.00. The molecule has 0 spiro atoms. The molecular formula is C20H21ClN2OS. The van der Waals surface area contributed by atoms with E-state index in [-0.39, 0.29) is 0 Å². The van der Waals surface area contributed by atoms with Crippen LogP contribution in [0.1, 0.15) is 12.0 Å². The van der Waals surface area contributed by atoms with Gasteiger partial charge < -0.3 is 9.30 Å². The molecule has 25 heavy (non-hydrogen) atoms.